The maximum Gasteiger partial charge on any atom is 0.0220 e. The predicted octanol–water partition coefficient (Wildman–Crippen LogP) is 4.63. The molecule has 1 spiro atoms. The molecular weight excluding hydrogens is 228 g/mol. The molecule has 0 radical (unpaired) electrons. The van der Waals surface area contributed by atoms with Crippen molar-refractivity contribution >= 4 is 0 Å². The highest BCUT2D eigenvalue weighted by atomic mass is 14.5. The summed E-state index contributed by atoms with van der Waals surface area (Å²) in [6.45, 7) is 0. The van der Waals surface area contributed by atoms with E-state index >= 15 is 0 Å². The number of hydrogen-bond donors (Lipinski definition) is 0. The maximum atomic E-state index is 2.37. The number of aryl methyl sites for hydroxylation is 2. The molecule has 3 aliphatic carbocycles. The van der Waals surface area contributed by atoms with Gasteiger partial charge in [0.25, 0.3) is 0 Å². The molecule has 0 bridgehead atoms. The Kier molecular flexibility index (Phi) is 1.78. The van der Waals surface area contributed by atoms with Crippen LogP contribution in [0.1, 0.15) is 47.9 Å². The largest absolute Gasteiger partial charge is 0.0614 e. The highest BCUT2D eigenvalue weighted by molar-refractivity contribution is 5.84. The van der Waals surface area contributed by atoms with Crippen LogP contribution < -0.4 is 0 Å². The summed E-state index contributed by atoms with van der Waals surface area (Å²) in [6.07, 6.45) is 8.05. The standard InChI is InChI=1S/C19H18/c1-5-13-7-3-11-19-12-4-8-14-6-2-10-16(18(14)19)15(9-1)17(13)19/h1-2,5-6,9-10H,3-4,7-8,11-12H2. The number of rotatable bonds is 0. The summed E-state index contributed by atoms with van der Waals surface area (Å²) in [5, 5.41) is 0. The number of benzene rings is 2. The molecule has 2 aromatic rings. The first kappa shape index (κ1) is 10.3. The molecular formula is C19H18. The van der Waals surface area contributed by atoms with Gasteiger partial charge in [-0.05, 0) is 71.9 Å². The zero-order valence-electron chi connectivity index (χ0n) is 11.2. The second-order valence-corrected chi connectivity index (χ2v) is 6.47. The van der Waals surface area contributed by atoms with Gasteiger partial charge in [-0.2, -0.15) is 0 Å². The van der Waals surface area contributed by atoms with E-state index in [0.29, 0.717) is 5.41 Å². The highest BCUT2D eigenvalue weighted by Crippen LogP contribution is 2.59. The van der Waals surface area contributed by atoms with Crippen molar-refractivity contribution in [3.05, 3.63) is 58.7 Å². The molecule has 0 nitrogen and oxygen atoms in total. The Morgan fingerprint density at radius 2 is 1.21 bits per heavy atom. The molecule has 3 aliphatic rings. The Morgan fingerprint density at radius 1 is 0.684 bits per heavy atom. The van der Waals surface area contributed by atoms with Crippen LogP contribution in [-0.2, 0) is 18.3 Å². The molecule has 5 rings (SSSR count). The van der Waals surface area contributed by atoms with Crippen LogP contribution in [0.2, 0.25) is 0 Å². The maximum absolute atomic E-state index is 2.37. The molecule has 0 saturated carbocycles. The molecule has 0 aliphatic heterocycles. The molecule has 2 aromatic carbocycles. The average Bonchev–Trinajstić information content (AvgIpc) is 2.75. The summed E-state index contributed by atoms with van der Waals surface area (Å²) in [5.41, 5.74) is 10.2. The smallest absolute Gasteiger partial charge is 0.0220 e. The first-order valence-corrected chi connectivity index (χ1v) is 7.65. The minimum Gasteiger partial charge on any atom is -0.0614 e. The van der Waals surface area contributed by atoms with Gasteiger partial charge in [0.05, 0.1) is 0 Å². The first-order valence-electron chi connectivity index (χ1n) is 7.65. The lowest BCUT2D eigenvalue weighted by Gasteiger charge is -2.41. The third-order valence-electron chi connectivity index (χ3n) is 5.65. The fourth-order valence-electron chi connectivity index (χ4n) is 5.11. The number of fused-ring (bicyclic) bond motifs is 1. The van der Waals surface area contributed by atoms with Gasteiger partial charge in [-0.25, -0.2) is 0 Å². The van der Waals surface area contributed by atoms with Crippen molar-refractivity contribution in [2.24, 2.45) is 0 Å². The van der Waals surface area contributed by atoms with Gasteiger partial charge in [0.1, 0.15) is 0 Å². The average molecular weight is 246 g/mol. The van der Waals surface area contributed by atoms with Gasteiger partial charge >= 0.3 is 0 Å². The van der Waals surface area contributed by atoms with Crippen molar-refractivity contribution in [3.8, 4) is 11.1 Å². The SMILES string of the molecule is c1cc2c3c(c1)-c1cccc4c1C3(CCC2)CCC4. The van der Waals surface area contributed by atoms with Crippen molar-refractivity contribution in [1.29, 1.82) is 0 Å². The molecule has 0 heterocycles. The summed E-state index contributed by atoms with van der Waals surface area (Å²) in [6, 6.07) is 14.0. The summed E-state index contributed by atoms with van der Waals surface area (Å²) >= 11 is 0. The van der Waals surface area contributed by atoms with Crippen LogP contribution in [-0.4, -0.2) is 0 Å². The van der Waals surface area contributed by atoms with E-state index in [4.69, 9.17) is 0 Å². The lowest BCUT2D eigenvalue weighted by Crippen LogP contribution is -2.33. The fourth-order valence-corrected chi connectivity index (χ4v) is 5.11. The van der Waals surface area contributed by atoms with E-state index in [1.807, 2.05) is 0 Å². The predicted molar refractivity (Wildman–Crippen MR) is 78.5 cm³/mol. The molecule has 0 saturated heterocycles. The van der Waals surface area contributed by atoms with E-state index in [0.717, 1.165) is 0 Å². The van der Waals surface area contributed by atoms with Crippen molar-refractivity contribution in [3.63, 3.8) is 0 Å². The van der Waals surface area contributed by atoms with Gasteiger partial charge in [-0.15, -0.1) is 0 Å². The minimum absolute atomic E-state index is 0.397. The lowest BCUT2D eigenvalue weighted by molar-refractivity contribution is 0.377. The van der Waals surface area contributed by atoms with Crippen LogP contribution in [0.25, 0.3) is 11.1 Å². The quantitative estimate of drug-likeness (QED) is 0.636. The van der Waals surface area contributed by atoms with Crippen LogP contribution in [0.3, 0.4) is 0 Å². The van der Waals surface area contributed by atoms with E-state index < -0.39 is 0 Å². The summed E-state index contributed by atoms with van der Waals surface area (Å²) in [7, 11) is 0. The Hall–Kier alpha value is -1.56. The van der Waals surface area contributed by atoms with Gasteiger partial charge in [-0.1, -0.05) is 36.4 Å². The van der Waals surface area contributed by atoms with Crippen molar-refractivity contribution in [2.45, 2.75) is 43.9 Å². The van der Waals surface area contributed by atoms with E-state index in [2.05, 4.69) is 36.4 Å². The Labute approximate surface area is 114 Å². The van der Waals surface area contributed by atoms with E-state index in [-0.39, 0.29) is 0 Å². The monoisotopic (exact) mass is 246 g/mol. The topological polar surface area (TPSA) is 0 Å². The van der Waals surface area contributed by atoms with Gasteiger partial charge in [0.2, 0.25) is 0 Å². The second-order valence-electron chi connectivity index (χ2n) is 6.47. The molecule has 19 heavy (non-hydrogen) atoms. The van der Waals surface area contributed by atoms with E-state index in [1.54, 1.807) is 33.4 Å². The van der Waals surface area contributed by atoms with Crippen molar-refractivity contribution in [2.75, 3.05) is 0 Å². The zero-order valence-corrected chi connectivity index (χ0v) is 11.2. The second kappa shape index (κ2) is 3.30. The van der Waals surface area contributed by atoms with E-state index in [1.165, 1.54) is 38.5 Å². The van der Waals surface area contributed by atoms with Gasteiger partial charge in [-0.3, -0.25) is 0 Å². The van der Waals surface area contributed by atoms with Crippen LogP contribution in [0.4, 0.5) is 0 Å². The summed E-state index contributed by atoms with van der Waals surface area (Å²) in [4.78, 5) is 0. The van der Waals surface area contributed by atoms with Gasteiger partial charge in [0.15, 0.2) is 0 Å². The Bertz CT molecular complexity index is 632. The molecule has 0 amide bonds. The zero-order chi connectivity index (χ0) is 12.4. The molecule has 0 fully saturated rings. The lowest BCUT2D eigenvalue weighted by atomic mass is 9.62. The molecule has 0 atom stereocenters. The summed E-state index contributed by atoms with van der Waals surface area (Å²) < 4.78 is 0. The molecule has 0 heteroatoms. The van der Waals surface area contributed by atoms with Crippen molar-refractivity contribution < 1.29 is 0 Å². The molecule has 94 valence electrons. The molecule has 0 unspecified atom stereocenters. The van der Waals surface area contributed by atoms with E-state index in [9.17, 15) is 0 Å². The third kappa shape index (κ3) is 1.08. The van der Waals surface area contributed by atoms with Gasteiger partial charge in [0, 0.05) is 5.41 Å². The van der Waals surface area contributed by atoms with Crippen LogP contribution in [0.15, 0.2) is 36.4 Å². The number of hydrogen-bond acceptors (Lipinski definition) is 0. The molecule has 0 N–H and O–H groups in total. The normalized spacial score (nSPS) is 20.8. The van der Waals surface area contributed by atoms with Crippen LogP contribution in [0, 0.1) is 0 Å². The van der Waals surface area contributed by atoms with Crippen LogP contribution >= 0.6 is 0 Å². The summed E-state index contributed by atoms with van der Waals surface area (Å²) in [5.74, 6) is 0. The Morgan fingerprint density at radius 3 is 1.74 bits per heavy atom. The minimum atomic E-state index is 0.397. The molecule has 0 aromatic heterocycles. The van der Waals surface area contributed by atoms with Gasteiger partial charge < -0.3 is 0 Å². The Balaban J connectivity index is 1.98. The fraction of sp³-hybridized carbons (Fsp3) is 0.368. The third-order valence-corrected chi connectivity index (χ3v) is 5.65. The van der Waals surface area contributed by atoms with Crippen LogP contribution in [0.5, 0.6) is 0 Å². The first-order chi connectivity index (χ1) is 9.40. The van der Waals surface area contributed by atoms with Crippen molar-refractivity contribution in [1.82, 2.24) is 0 Å². The highest BCUT2D eigenvalue weighted by Gasteiger charge is 2.48.